The molecule has 0 heterocycles. The van der Waals surface area contributed by atoms with E-state index < -0.39 is 17.4 Å². The van der Waals surface area contributed by atoms with Crippen LogP contribution in [0.1, 0.15) is 49.7 Å². The van der Waals surface area contributed by atoms with Crippen LogP contribution in [0.4, 0.5) is 0 Å². The molecule has 0 spiro atoms. The van der Waals surface area contributed by atoms with Crippen molar-refractivity contribution in [1.29, 1.82) is 0 Å². The van der Waals surface area contributed by atoms with Crippen LogP contribution in [0.5, 0.6) is 0 Å². The van der Waals surface area contributed by atoms with Crippen LogP contribution in [-0.2, 0) is 15.0 Å². The quantitative estimate of drug-likeness (QED) is 0.487. The lowest BCUT2D eigenvalue weighted by Gasteiger charge is -2.32. The van der Waals surface area contributed by atoms with E-state index in [2.05, 4.69) is 0 Å². The first-order valence-electron chi connectivity index (χ1n) is 8.85. The molecule has 0 aliphatic rings. The third-order valence-corrected chi connectivity index (χ3v) is 5.38. The molecule has 4 nitrogen and oxygen atoms in total. The molecule has 0 aliphatic carbocycles. The van der Waals surface area contributed by atoms with Gasteiger partial charge >= 0.3 is 11.9 Å². The highest BCUT2D eigenvalue weighted by molar-refractivity contribution is 6.33. The van der Waals surface area contributed by atoms with Crippen molar-refractivity contribution < 1.29 is 19.8 Å². The molecule has 6 heteroatoms. The van der Waals surface area contributed by atoms with Crippen LogP contribution in [0.2, 0.25) is 10.0 Å². The molecule has 144 valence electrons. The van der Waals surface area contributed by atoms with Crippen molar-refractivity contribution in [3.8, 4) is 0 Å². The highest BCUT2D eigenvalue weighted by Gasteiger charge is 2.44. The Bertz CT molecular complexity index is 759. The molecular weight excluding hydrogens is 387 g/mol. The van der Waals surface area contributed by atoms with Gasteiger partial charge in [0.1, 0.15) is 5.41 Å². The van der Waals surface area contributed by atoms with E-state index in [0.717, 1.165) is 12.8 Å². The van der Waals surface area contributed by atoms with Gasteiger partial charge in [-0.1, -0.05) is 78.9 Å². The predicted octanol–water partition coefficient (Wildman–Crippen LogP) is 5.79. The lowest BCUT2D eigenvalue weighted by molar-refractivity contribution is -0.142. The fraction of sp³-hybridized carbons (Fsp3) is 0.333. The lowest BCUT2D eigenvalue weighted by Crippen LogP contribution is -2.38. The summed E-state index contributed by atoms with van der Waals surface area (Å²) in [5.74, 6) is -1.82. The molecule has 0 fully saturated rings. The van der Waals surface area contributed by atoms with E-state index in [-0.39, 0.29) is 6.42 Å². The Kier molecular flexibility index (Phi) is 7.69. The molecule has 0 saturated heterocycles. The molecule has 0 saturated carbocycles. The number of carbonyl (C=O) groups is 2. The van der Waals surface area contributed by atoms with Gasteiger partial charge in [0.25, 0.3) is 0 Å². The molecular formula is C21H22Cl2O4. The van der Waals surface area contributed by atoms with Crippen LogP contribution < -0.4 is 0 Å². The van der Waals surface area contributed by atoms with Crippen LogP contribution in [0, 0.1) is 0 Å². The molecule has 0 radical (unpaired) electrons. The minimum Gasteiger partial charge on any atom is -0.481 e. The average Bonchev–Trinajstić information content (AvgIpc) is 2.62. The zero-order valence-corrected chi connectivity index (χ0v) is 16.3. The molecule has 2 rings (SSSR count). The van der Waals surface area contributed by atoms with Gasteiger partial charge in [0.05, 0.1) is 0 Å². The maximum absolute atomic E-state index is 12.5. The molecule has 0 atom stereocenters. The number of rotatable bonds is 10. The van der Waals surface area contributed by atoms with E-state index in [0.29, 0.717) is 40.4 Å². The summed E-state index contributed by atoms with van der Waals surface area (Å²) >= 11 is 12.8. The summed E-state index contributed by atoms with van der Waals surface area (Å²) in [6.07, 6.45) is 3.10. The summed E-state index contributed by atoms with van der Waals surface area (Å²) in [6, 6.07) is 13.9. The van der Waals surface area contributed by atoms with E-state index in [4.69, 9.17) is 28.3 Å². The third kappa shape index (κ3) is 5.02. The fourth-order valence-corrected chi connectivity index (χ4v) is 3.98. The SMILES string of the molecule is O=C(O)CCCCCCC(C(=O)O)(c1ccccc1Cl)c1ccccc1Cl. The van der Waals surface area contributed by atoms with Crippen molar-refractivity contribution in [3.05, 3.63) is 69.7 Å². The molecule has 0 aliphatic heterocycles. The zero-order valence-electron chi connectivity index (χ0n) is 14.8. The number of benzene rings is 2. The standard InChI is InChI=1S/C21H22Cl2O4/c22-17-11-6-4-9-15(17)21(20(26)27,16-10-5-7-12-18(16)23)14-8-2-1-3-13-19(24)25/h4-7,9-12H,1-3,8,13-14H2,(H,24,25)(H,26,27). The van der Waals surface area contributed by atoms with E-state index in [1.807, 2.05) is 0 Å². The van der Waals surface area contributed by atoms with Crippen molar-refractivity contribution in [3.63, 3.8) is 0 Å². The van der Waals surface area contributed by atoms with E-state index >= 15 is 0 Å². The number of aliphatic carboxylic acids is 2. The Morgan fingerprint density at radius 2 is 1.26 bits per heavy atom. The zero-order chi connectivity index (χ0) is 19.9. The second-order valence-electron chi connectivity index (χ2n) is 6.48. The predicted molar refractivity (Wildman–Crippen MR) is 107 cm³/mol. The fourth-order valence-electron chi connectivity index (χ4n) is 3.39. The number of unbranched alkanes of at least 4 members (excludes halogenated alkanes) is 3. The van der Waals surface area contributed by atoms with Crippen molar-refractivity contribution in [1.82, 2.24) is 0 Å². The first-order chi connectivity index (χ1) is 12.9. The molecule has 0 bridgehead atoms. The second kappa shape index (κ2) is 9.77. The Balaban J connectivity index is 2.36. The number of carboxylic acids is 2. The maximum atomic E-state index is 12.5. The van der Waals surface area contributed by atoms with Gasteiger partial charge < -0.3 is 10.2 Å². The summed E-state index contributed by atoms with van der Waals surface area (Å²) in [7, 11) is 0. The Morgan fingerprint density at radius 1 is 0.778 bits per heavy atom. The molecule has 0 aromatic heterocycles. The molecule has 0 unspecified atom stereocenters. The highest BCUT2D eigenvalue weighted by Crippen LogP contribution is 2.43. The van der Waals surface area contributed by atoms with Crippen LogP contribution in [0.25, 0.3) is 0 Å². The molecule has 2 aromatic rings. The van der Waals surface area contributed by atoms with Crippen LogP contribution >= 0.6 is 23.2 Å². The minimum atomic E-state index is -1.36. The topological polar surface area (TPSA) is 74.6 Å². The summed E-state index contributed by atoms with van der Waals surface area (Å²) in [6.45, 7) is 0. The van der Waals surface area contributed by atoms with Crippen molar-refractivity contribution in [2.45, 2.75) is 43.9 Å². The minimum absolute atomic E-state index is 0.124. The smallest absolute Gasteiger partial charge is 0.318 e. The largest absolute Gasteiger partial charge is 0.481 e. The number of hydrogen-bond donors (Lipinski definition) is 2. The van der Waals surface area contributed by atoms with Gasteiger partial charge in [0.15, 0.2) is 0 Å². The van der Waals surface area contributed by atoms with Crippen molar-refractivity contribution >= 4 is 35.1 Å². The maximum Gasteiger partial charge on any atom is 0.318 e. The highest BCUT2D eigenvalue weighted by atomic mass is 35.5. The molecule has 2 N–H and O–H groups in total. The molecule has 0 amide bonds. The Morgan fingerprint density at radius 3 is 1.70 bits per heavy atom. The first-order valence-corrected chi connectivity index (χ1v) is 9.60. The molecule has 27 heavy (non-hydrogen) atoms. The molecule has 2 aromatic carbocycles. The number of hydrogen-bond acceptors (Lipinski definition) is 2. The van der Waals surface area contributed by atoms with Gasteiger partial charge in [-0.15, -0.1) is 0 Å². The normalized spacial score (nSPS) is 11.3. The van der Waals surface area contributed by atoms with Gasteiger partial charge in [-0.05, 0) is 36.1 Å². The summed E-state index contributed by atoms with van der Waals surface area (Å²) < 4.78 is 0. The van der Waals surface area contributed by atoms with Gasteiger partial charge in [0.2, 0.25) is 0 Å². The van der Waals surface area contributed by atoms with Gasteiger partial charge in [0, 0.05) is 16.5 Å². The van der Waals surface area contributed by atoms with Crippen LogP contribution in [-0.4, -0.2) is 22.2 Å². The van der Waals surface area contributed by atoms with Crippen molar-refractivity contribution in [2.24, 2.45) is 0 Å². The van der Waals surface area contributed by atoms with E-state index in [1.165, 1.54) is 0 Å². The number of halogens is 2. The third-order valence-electron chi connectivity index (χ3n) is 4.72. The first kappa shape index (κ1) is 21.3. The van der Waals surface area contributed by atoms with Gasteiger partial charge in [-0.3, -0.25) is 9.59 Å². The van der Waals surface area contributed by atoms with Crippen LogP contribution in [0.15, 0.2) is 48.5 Å². The lowest BCUT2D eigenvalue weighted by atomic mass is 9.71. The Hall–Kier alpha value is -2.04. The van der Waals surface area contributed by atoms with E-state index in [9.17, 15) is 14.7 Å². The number of carboxylic acid groups (broad SMARTS) is 2. The van der Waals surface area contributed by atoms with Crippen molar-refractivity contribution in [2.75, 3.05) is 0 Å². The average molecular weight is 409 g/mol. The monoisotopic (exact) mass is 408 g/mol. The summed E-state index contributed by atoms with van der Waals surface area (Å²) in [5.41, 5.74) is -0.334. The van der Waals surface area contributed by atoms with E-state index in [1.54, 1.807) is 48.5 Å². The second-order valence-corrected chi connectivity index (χ2v) is 7.29. The van der Waals surface area contributed by atoms with Crippen LogP contribution in [0.3, 0.4) is 0 Å². The Labute approximate surface area is 168 Å². The van der Waals surface area contributed by atoms with Gasteiger partial charge in [-0.25, -0.2) is 0 Å². The summed E-state index contributed by atoms with van der Waals surface area (Å²) in [4.78, 5) is 23.2. The van der Waals surface area contributed by atoms with Gasteiger partial charge in [-0.2, -0.15) is 0 Å². The summed E-state index contributed by atoms with van der Waals surface area (Å²) in [5, 5.41) is 19.7.